The highest BCUT2D eigenvalue weighted by Crippen LogP contribution is 2.22. The van der Waals surface area contributed by atoms with Gasteiger partial charge in [0.15, 0.2) is 5.82 Å². The van der Waals surface area contributed by atoms with Crippen molar-refractivity contribution in [2.24, 2.45) is 0 Å². The zero-order valence-electron chi connectivity index (χ0n) is 14.9. The number of methoxy groups -OCH3 is 1. The molecule has 1 saturated heterocycles. The van der Waals surface area contributed by atoms with E-state index in [2.05, 4.69) is 15.3 Å². The van der Waals surface area contributed by atoms with Gasteiger partial charge in [-0.2, -0.15) is 4.98 Å². The summed E-state index contributed by atoms with van der Waals surface area (Å²) in [5, 5.41) is 2.65. The lowest BCUT2D eigenvalue weighted by Gasteiger charge is -2.34. The second kappa shape index (κ2) is 7.95. The highest BCUT2D eigenvalue weighted by Gasteiger charge is 2.31. The Kier molecular flexibility index (Phi) is 5.46. The van der Waals surface area contributed by atoms with Crippen molar-refractivity contribution in [3.8, 4) is 17.3 Å². The number of likely N-dealkylation sites (tertiary alicyclic amines) is 1. The van der Waals surface area contributed by atoms with Gasteiger partial charge in [0.1, 0.15) is 6.04 Å². The number of benzene rings is 1. The van der Waals surface area contributed by atoms with E-state index < -0.39 is 6.04 Å². The quantitative estimate of drug-likeness (QED) is 0.906. The number of carbonyl (C=O) groups is 2. The van der Waals surface area contributed by atoms with Gasteiger partial charge in [0.05, 0.1) is 7.11 Å². The molecular formula is C19H22N4O3. The molecule has 0 aliphatic carbocycles. The lowest BCUT2D eigenvalue weighted by atomic mass is 9.99. The third-order valence-electron chi connectivity index (χ3n) is 4.54. The average molecular weight is 354 g/mol. The molecule has 1 aliphatic rings. The van der Waals surface area contributed by atoms with Gasteiger partial charge in [-0.25, -0.2) is 4.98 Å². The number of likely N-dealkylation sites (N-methyl/N-ethyl adjacent to an activating group) is 1. The number of piperidine rings is 1. The molecule has 7 heteroatoms. The van der Waals surface area contributed by atoms with Crippen molar-refractivity contribution in [1.82, 2.24) is 20.2 Å². The molecule has 1 N–H and O–H groups in total. The second-order valence-electron chi connectivity index (χ2n) is 6.12. The van der Waals surface area contributed by atoms with E-state index in [0.29, 0.717) is 30.2 Å². The van der Waals surface area contributed by atoms with Crippen molar-refractivity contribution in [2.45, 2.75) is 25.3 Å². The summed E-state index contributed by atoms with van der Waals surface area (Å²) in [5.41, 5.74) is 1.34. The summed E-state index contributed by atoms with van der Waals surface area (Å²) in [7, 11) is 3.15. The van der Waals surface area contributed by atoms with Crippen LogP contribution in [0.25, 0.3) is 11.4 Å². The second-order valence-corrected chi connectivity index (χ2v) is 6.12. The first kappa shape index (κ1) is 17.8. The first-order valence-electron chi connectivity index (χ1n) is 8.64. The normalized spacial score (nSPS) is 16.8. The third-order valence-corrected chi connectivity index (χ3v) is 4.54. The van der Waals surface area contributed by atoms with Crippen LogP contribution in [0.2, 0.25) is 0 Å². The van der Waals surface area contributed by atoms with Gasteiger partial charge < -0.3 is 15.0 Å². The molecule has 2 amide bonds. The molecule has 0 radical (unpaired) electrons. The van der Waals surface area contributed by atoms with Crippen LogP contribution in [0, 0.1) is 0 Å². The van der Waals surface area contributed by atoms with Crippen LogP contribution in [0.3, 0.4) is 0 Å². The van der Waals surface area contributed by atoms with Crippen LogP contribution < -0.4 is 10.1 Å². The Balaban J connectivity index is 1.80. The highest BCUT2D eigenvalue weighted by molar-refractivity contribution is 5.98. The van der Waals surface area contributed by atoms with Gasteiger partial charge in [-0.1, -0.05) is 12.1 Å². The Morgan fingerprint density at radius 1 is 1.19 bits per heavy atom. The minimum absolute atomic E-state index is 0.112. The summed E-state index contributed by atoms with van der Waals surface area (Å²) in [6, 6.07) is 8.38. The number of amides is 2. The van der Waals surface area contributed by atoms with Crippen LogP contribution in [-0.4, -0.2) is 53.4 Å². The van der Waals surface area contributed by atoms with Crippen LogP contribution in [0.15, 0.2) is 36.5 Å². The predicted octanol–water partition coefficient (Wildman–Crippen LogP) is 1.89. The van der Waals surface area contributed by atoms with Gasteiger partial charge in [0, 0.05) is 37.0 Å². The summed E-state index contributed by atoms with van der Waals surface area (Å²) in [6.07, 6.45) is 4.19. The van der Waals surface area contributed by atoms with E-state index in [1.165, 1.54) is 0 Å². The fraction of sp³-hybridized carbons (Fsp3) is 0.368. The summed E-state index contributed by atoms with van der Waals surface area (Å²) < 4.78 is 5.11. The van der Waals surface area contributed by atoms with Crippen molar-refractivity contribution in [2.75, 3.05) is 20.7 Å². The molecule has 2 heterocycles. The lowest BCUT2D eigenvalue weighted by Crippen LogP contribution is -2.51. The first-order chi connectivity index (χ1) is 12.6. The molecule has 1 aliphatic heterocycles. The third kappa shape index (κ3) is 3.66. The molecule has 0 bridgehead atoms. The number of rotatable bonds is 4. The molecule has 1 aromatic carbocycles. The first-order valence-corrected chi connectivity index (χ1v) is 8.64. The number of aromatic nitrogens is 2. The van der Waals surface area contributed by atoms with E-state index in [9.17, 15) is 9.59 Å². The van der Waals surface area contributed by atoms with E-state index in [1.54, 1.807) is 55.6 Å². The minimum atomic E-state index is -0.400. The van der Waals surface area contributed by atoms with Gasteiger partial charge in [-0.15, -0.1) is 0 Å². The SMILES string of the molecule is CNC(=O)[C@H]1CCCCN1C(=O)c1ccc(-c2nccc(OC)n2)cc1. The smallest absolute Gasteiger partial charge is 0.254 e. The van der Waals surface area contributed by atoms with Crippen LogP contribution in [0.4, 0.5) is 0 Å². The number of carbonyl (C=O) groups excluding carboxylic acids is 2. The fourth-order valence-electron chi connectivity index (χ4n) is 3.14. The zero-order valence-corrected chi connectivity index (χ0v) is 14.9. The number of hydrogen-bond donors (Lipinski definition) is 1. The molecular weight excluding hydrogens is 332 g/mol. The van der Waals surface area contributed by atoms with Gasteiger partial charge in [-0.05, 0) is 31.4 Å². The monoisotopic (exact) mass is 354 g/mol. The fourth-order valence-corrected chi connectivity index (χ4v) is 3.14. The molecule has 7 nitrogen and oxygen atoms in total. The minimum Gasteiger partial charge on any atom is -0.481 e. The van der Waals surface area contributed by atoms with Gasteiger partial charge in [0.2, 0.25) is 11.8 Å². The van der Waals surface area contributed by atoms with E-state index >= 15 is 0 Å². The molecule has 1 atom stereocenters. The molecule has 0 saturated carbocycles. The summed E-state index contributed by atoms with van der Waals surface area (Å²) in [5.74, 6) is 0.775. The molecule has 1 aromatic heterocycles. The molecule has 26 heavy (non-hydrogen) atoms. The Hall–Kier alpha value is -2.96. The van der Waals surface area contributed by atoms with Gasteiger partial charge in [-0.3, -0.25) is 9.59 Å². The maximum Gasteiger partial charge on any atom is 0.254 e. The Morgan fingerprint density at radius 3 is 2.65 bits per heavy atom. The molecule has 136 valence electrons. The van der Waals surface area contributed by atoms with Crippen molar-refractivity contribution < 1.29 is 14.3 Å². The number of hydrogen-bond acceptors (Lipinski definition) is 5. The largest absolute Gasteiger partial charge is 0.481 e. The maximum atomic E-state index is 12.9. The predicted molar refractivity (Wildman–Crippen MR) is 96.8 cm³/mol. The average Bonchev–Trinajstić information content (AvgIpc) is 2.72. The van der Waals surface area contributed by atoms with Crippen molar-refractivity contribution >= 4 is 11.8 Å². The summed E-state index contributed by atoms with van der Waals surface area (Å²) >= 11 is 0. The molecule has 3 rings (SSSR count). The van der Waals surface area contributed by atoms with E-state index in [4.69, 9.17) is 4.74 Å². The zero-order chi connectivity index (χ0) is 18.5. The molecule has 1 fully saturated rings. The van der Waals surface area contributed by atoms with Crippen molar-refractivity contribution in [3.63, 3.8) is 0 Å². The number of nitrogens with one attached hydrogen (secondary N) is 1. The Bertz CT molecular complexity index is 792. The van der Waals surface area contributed by atoms with Crippen LogP contribution in [0.5, 0.6) is 5.88 Å². The Morgan fingerprint density at radius 2 is 1.96 bits per heavy atom. The van der Waals surface area contributed by atoms with Crippen molar-refractivity contribution in [3.05, 3.63) is 42.1 Å². The van der Waals surface area contributed by atoms with Crippen LogP contribution >= 0.6 is 0 Å². The topological polar surface area (TPSA) is 84.4 Å². The maximum absolute atomic E-state index is 12.9. The van der Waals surface area contributed by atoms with E-state index in [1.807, 2.05) is 0 Å². The molecule has 0 spiro atoms. The van der Waals surface area contributed by atoms with Crippen LogP contribution in [0.1, 0.15) is 29.6 Å². The Labute approximate surface area is 152 Å². The van der Waals surface area contributed by atoms with E-state index in [-0.39, 0.29) is 11.8 Å². The molecule has 2 aromatic rings. The number of nitrogens with zero attached hydrogens (tertiary/aromatic N) is 3. The molecule has 0 unspecified atom stereocenters. The standard InChI is InChI=1S/C19H22N4O3/c1-20-18(24)15-5-3-4-12-23(15)19(25)14-8-6-13(7-9-14)17-21-11-10-16(22-17)26-2/h6-11,15H,3-5,12H2,1-2H3,(H,20,24)/t15-/m1/s1. The lowest BCUT2D eigenvalue weighted by molar-refractivity contribution is -0.126. The van der Waals surface area contributed by atoms with E-state index in [0.717, 1.165) is 18.4 Å². The van der Waals surface area contributed by atoms with Crippen molar-refractivity contribution in [1.29, 1.82) is 0 Å². The van der Waals surface area contributed by atoms with Gasteiger partial charge >= 0.3 is 0 Å². The van der Waals surface area contributed by atoms with Gasteiger partial charge in [0.25, 0.3) is 5.91 Å². The number of ether oxygens (including phenoxy) is 1. The van der Waals surface area contributed by atoms with Crippen LogP contribution in [-0.2, 0) is 4.79 Å². The summed E-state index contributed by atoms with van der Waals surface area (Å²) in [4.78, 5) is 35.1. The summed E-state index contributed by atoms with van der Waals surface area (Å²) in [6.45, 7) is 0.595. The highest BCUT2D eigenvalue weighted by atomic mass is 16.5.